The maximum absolute atomic E-state index is 12.5. The number of aromatic nitrogens is 1. The molecule has 0 saturated carbocycles. The number of carbonyl (C=O) groups excluding carboxylic acids is 2. The normalized spacial score (nSPS) is 15.6. The second-order valence-corrected chi connectivity index (χ2v) is 6.65. The fourth-order valence-corrected chi connectivity index (χ4v) is 3.26. The first-order valence-corrected chi connectivity index (χ1v) is 8.44. The van der Waals surface area contributed by atoms with Gasteiger partial charge < -0.3 is 4.74 Å². The molecule has 0 unspecified atom stereocenters. The number of benzene rings is 1. The molecule has 1 N–H and O–H groups in total. The Hall–Kier alpha value is -2.71. The van der Waals surface area contributed by atoms with Crippen LogP contribution in [-0.2, 0) is 4.79 Å². The van der Waals surface area contributed by atoms with Crippen LogP contribution in [0.1, 0.15) is 15.9 Å². The minimum atomic E-state index is -0.429. The van der Waals surface area contributed by atoms with Crippen molar-refractivity contribution >= 4 is 46.2 Å². The van der Waals surface area contributed by atoms with Gasteiger partial charge in [0.05, 0.1) is 12.0 Å². The fraction of sp³-hybridized carbons (Fsp3) is 0.0588. The summed E-state index contributed by atoms with van der Waals surface area (Å²) in [4.78, 5) is 29.2. The average molecular weight is 371 g/mol. The molecule has 1 aliphatic heterocycles. The number of pyridine rings is 1. The summed E-state index contributed by atoms with van der Waals surface area (Å²) in [6, 6.07) is 10.2. The molecule has 1 aromatic heterocycles. The van der Waals surface area contributed by atoms with E-state index in [2.05, 4.69) is 10.4 Å². The Labute approximate surface area is 153 Å². The lowest BCUT2D eigenvalue weighted by Gasteiger charge is -2.15. The van der Waals surface area contributed by atoms with Gasteiger partial charge in [-0.1, -0.05) is 17.8 Å². The largest absolute Gasteiger partial charge is 0.497 e. The lowest BCUT2D eigenvalue weighted by atomic mass is 10.2. The van der Waals surface area contributed by atoms with Crippen LogP contribution in [0.3, 0.4) is 0 Å². The SMILES string of the molecule is COc1ccc(C(=O)NN2C(=O)C(=Cc3cccnc3)SC2=S)cc1. The monoisotopic (exact) mass is 371 g/mol. The zero-order valence-corrected chi connectivity index (χ0v) is 14.8. The summed E-state index contributed by atoms with van der Waals surface area (Å²) in [7, 11) is 1.55. The number of thioether (sulfide) groups is 1. The molecule has 2 heterocycles. The molecular weight excluding hydrogens is 358 g/mol. The van der Waals surface area contributed by atoms with Crippen molar-refractivity contribution in [2.24, 2.45) is 0 Å². The number of ether oxygens (including phenoxy) is 1. The summed E-state index contributed by atoms with van der Waals surface area (Å²) in [6.45, 7) is 0. The van der Waals surface area contributed by atoms with Crippen LogP contribution < -0.4 is 10.2 Å². The summed E-state index contributed by atoms with van der Waals surface area (Å²) >= 11 is 6.32. The number of hydrazine groups is 1. The summed E-state index contributed by atoms with van der Waals surface area (Å²) in [5.41, 5.74) is 3.71. The van der Waals surface area contributed by atoms with E-state index in [1.165, 1.54) is 0 Å². The van der Waals surface area contributed by atoms with E-state index in [1.54, 1.807) is 55.9 Å². The van der Waals surface area contributed by atoms with Gasteiger partial charge in [-0.05, 0) is 54.2 Å². The minimum absolute atomic E-state index is 0.266. The van der Waals surface area contributed by atoms with Crippen molar-refractivity contribution in [3.63, 3.8) is 0 Å². The molecule has 6 nitrogen and oxygen atoms in total. The van der Waals surface area contributed by atoms with E-state index in [1.807, 2.05) is 6.07 Å². The van der Waals surface area contributed by atoms with Crippen LogP contribution in [-0.4, -0.2) is 33.2 Å². The quantitative estimate of drug-likeness (QED) is 0.658. The summed E-state index contributed by atoms with van der Waals surface area (Å²) < 4.78 is 5.32. The Morgan fingerprint density at radius 2 is 2.08 bits per heavy atom. The Kier molecular flexibility index (Phi) is 5.11. The molecule has 2 amide bonds. The zero-order valence-electron chi connectivity index (χ0n) is 13.1. The van der Waals surface area contributed by atoms with Crippen molar-refractivity contribution in [2.45, 2.75) is 0 Å². The van der Waals surface area contributed by atoms with Crippen LogP contribution >= 0.6 is 24.0 Å². The highest BCUT2D eigenvalue weighted by molar-refractivity contribution is 8.26. The van der Waals surface area contributed by atoms with E-state index in [-0.39, 0.29) is 10.2 Å². The topological polar surface area (TPSA) is 71.5 Å². The van der Waals surface area contributed by atoms with Gasteiger partial charge >= 0.3 is 0 Å². The first kappa shape index (κ1) is 17.1. The van der Waals surface area contributed by atoms with Crippen LogP contribution in [0.5, 0.6) is 5.75 Å². The van der Waals surface area contributed by atoms with E-state index < -0.39 is 5.91 Å². The zero-order chi connectivity index (χ0) is 17.8. The summed E-state index contributed by atoms with van der Waals surface area (Å²) in [6.07, 6.45) is 4.98. The number of hydrogen-bond donors (Lipinski definition) is 1. The third-order valence-electron chi connectivity index (χ3n) is 3.34. The molecule has 1 aromatic carbocycles. The van der Waals surface area contributed by atoms with Crippen LogP contribution in [0, 0.1) is 0 Å². The van der Waals surface area contributed by atoms with Gasteiger partial charge in [0.1, 0.15) is 5.75 Å². The predicted octanol–water partition coefficient (Wildman–Crippen LogP) is 2.64. The van der Waals surface area contributed by atoms with Crippen LogP contribution in [0.25, 0.3) is 6.08 Å². The molecule has 3 rings (SSSR count). The van der Waals surface area contributed by atoms with Gasteiger partial charge in [0.25, 0.3) is 11.8 Å². The molecule has 0 radical (unpaired) electrons. The predicted molar refractivity (Wildman–Crippen MR) is 99.7 cm³/mol. The van der Waals surface area contributed by atoms with Gasteiger partial charge in [-0.15, -0.1) is 0 Å². The lowest BCUT2D eigenvalue weighted by Crippen LogP contribution is -2.44. The van der Waals surface area contributed by atoms with Gasteiger partial charge in [0.2, 0.25) is 0 Å². The standard InChI is InChI=1S/C17H13N3O3S2/c1-23-13-6-4-12(5-7-13)15(21)19-20-16(22)14(25-17(20)24)9-11-3-2-8-18-10-11/h2-10H,1H3,(H,19,21). The molecule has 126 valence electrons. The molecule has 25 heavy (non-hydrogen) atoms. The van der Waals surface area contributed by atoms with Gasteiger partial charge in [-0.25, -0.2) is 0 Å². The minimum Gasteiger partial charge on any atom is -0.497 e. The molecule has 1 aliphatic rings. The highest BCUT2D eigenvalue weighted by Crippen LogP contribution is 2.31. The second kappa shape index (κ2) is 7.45. The average Bonchev–Trinajstić information content (AvgIpc) is 2.90. The Balaban J connectivity index is 1.74. The summed E-state index contributed by atoms with van der Waals surface area (Å²) in [5, 5.41) is 1.08. The number of nitrogens with one attached hydrogen (secondary N) is 1. The molecule has 0 atom stereocenters. The Morgan fingerprint density at radius 1 is 1.32 bits per heavy atom. The maximum atomic E-state index is 12.5. The smallest absolute Gasteiger partial charge is 0.285 e. The van der Waals surface area contributed by atoms with E-state index in [4.69, 9.17) is 17.0 Å². The van der Waals surface area contributed by atoms with Crippen molar-refractivity contribution in [1.82, 2.24) is 15.4 Å². The number of rotatable bonds is 4. The van der Waals surface area contributed by atoms with Crippen molar-refractivity contribution in [3.8, 4) is 5.75 Å². The number of carbonyl (C=O) groups is 2. The molecule has 0 aliphatic carbocycles. The third kappa shape index (κ3) is 3.86. The molecule has 0 spiro atoms. The molecule has 0 bridgehead atoms. The highest BCUT2D eigenvalue weighted by Gasteiger charge is 2.33. The first-order valence-electron chi connectivity index (χ1n) is 7.21. The Morgan fingerprint density at radius 3 is 2.72 bits per heavy atom. The number of thiocarbonyl (C=S) groups is 1. The third-order valence-corrected chi connectivity index (χ3v) is 4.64. The van der Waals surface area contributed by atoms with E-state index in [0.717, 1.165) is 22.3 Å². The van der Waals surface area contributed by atoms with Crippen molar-refractivity contribution in [3.05, 3.63) is 64.8 Å². The van der Waals surface area contributed by atoms with Crippen LogP contribution in [0.2, 0.25) is 0 Å². The van der Waals surface area contributed by atoms with Crippen molar-refractivity contribution in [2.75, 3.05) is 7.11 Å². The second-order valence-electron chi connectivity index (χ2n) is 4.97. The fourth-order valence-electron chi connectivity index (χ4n) is 2.09. The van der Waals surface area contributed by atoms with Gasteiger partial charge in [0, 0.05) is 18.0 Å². The highest BCUT2D eigenvalue weighted by atomic mass is 32.2. The molecule has 2 aromatic rings. The molecule has 1 saturated heterocycles. The number of hydrogen-bond acceptors (Lipinski definition) is 6. The van der Waals surface area contributed by atoms with Gasteiger partial charge in [0.15, 0.2) is 4.32 Å². The summed E-state index contributed by atoms with van der Waals surface area (Å²) in [5.74, 6) is -0.163. The van der Waals surface area contributed by atoms with E-state index >= 15 is 0 Å². The van der Waals surface area contributed by atoms with Crippen LogP contribution in [0.4, 0.5) is 0 Å². The van der Waals surface area contributed by atoms with E-state index in [0.29, 0.717) is 16.2 Å². The van der Waals surface area contributed by atoms with Crippen molar-refractivity contribution < 1.29 is 14.3 Å². The lowest BCUT2D eigenvalue weighted by molar-refractivity contribution is -0.123. The number of nitrogens with zero attached hydrogens (tertiary/aromatic N) is 2. The van der Waals surface area contributed by atoms with E-state index in [9.17, 15) is 9.59 Å². The Bertz CT molecular complexity index is 851. The molecule has 1 fully saturated rings. The first-order chi connectivity index (χ1) is 12.1. The van der Waals surface area contributed by atoms with Crippen LogP contribution in [0.15, 0.2) is 53.7 Å². The number of methoxy groups -OCH3 is 1. The molecular formula is C17H13N3O3S2. The van der Waals surface area contributed by atoms with Gasteiger partial charge in [-0.2, -0.15) is 5.01 Å². The maximum Gasteiger partial charge on any atom is 0.285 e. The number of amides is 2. The van der Waals surface area contributed by atoms with Crippen molar-refractivity contribution in [1.29, 1.82) is 0 Å². The molecule has 8 heteroatoms. The van der Waals surface area contributed by atoms with Gasteiger partial charge in [-0.3, -0.25) is 20.0 Å².